The van der Waals surface area contributed by atoms with Crippen LogP contribution in [0.1, 0.15) is 41.0 Å². The van der Waals surface area contributed by atoms with Gasteiger partial charge in [-0.1, -0.05) is 20.8 Å². The molecule has 2 nitrogen and oxygen atoms in total. The van der Waals surface area contributed by atoms with Gasteiger partial charge in [-0.05, 0) is 44.6 Å². The number of β-amino-alcohol motifs (C(OH)–C–C–N with tert-alkyl or cyclic N) is 1. The molecular weight excluding hydrogens is 186 g/mol. The van der Waals surface area contributed by atoms with Crippen LogP contribution in [0.2, 0.25) is 0 Å². The predicted octanol–water partition coefficient (Wildman–Crippen LogP) is 2.37. The number of aliphatic hydroxyl groups excluding tert-OH is 1. The molecule has 0 aromatic rings. The summed E-state index contributed by atoms with van der Waals surface area (Å²) in [5, 5.41) is 9.05. The summed E-state index contributed by atoms with van der Waals surface area (Å²) in [7, 11) is 0. The Labute approximate surface area is 94.7 Å². The van der Waals surface area contributed by atoms with Gasteiger partial charge in [0.2, 0.25) is 0 Å². The fraction of sp³-hybridized carbons (Fsp3) is 1.00. The molecule has 1 rings (SSSR count). The molecule has 0 aromatic carbocycles. The molecule has 90 valence electrons. The van der Waals surface area contributed by atoms with Crippen molar-refractivity contribution in [1.82, 2.24) is 4.90 Å². The van der Waals surface area contributed by atoms with Gasteiger partial charge in [-0.3, -0.25) is 4.90 Å². The number of aliphatic hydroxyl groups is 1. The number of rotatable bonds is 4. The van der Waals surface area contributed by atoms with E-state index in [0.717, 1.165) is 30.8 Å². The van der Waals surface area contributed by atoms with E-state index in [1.807, 2.05) is 0 Å². The minimum absolute atomic E-state index is 0.256. The third-order valence-electron chi connectivity index (χ3n) is 4.49. The first-order valence-corrected chi connectivity index (χ1v) is 6.27. The lowest BCUT2D eigenvalue weighted by atomic mass is 9.74. The van der Waals surface area contributed by atoms with Crippen LogP contribution < -0.4 is 0 Å². The van der Waals surface area contributed by atoms with Crippen LogP contribution in [0.15, 0.2) is 0 Å². The van der Waals surface area contributed by atoms with Crippen molar-refractivity contribution < 1.29 is 5.11 Å². The highest BCUT2D eigenvalue weighted by Gasteiger charge is 2.43. The van der Waals surface area contributed by atoms with Gasteiger partial charge in [0.05, 0.1) is 6.61 Å². The van der Waals surface area contributed by atoms with Crippen molar-refractivity contribution in [2.75, 3.05) is 19.7 Å². The number of likely N-dealkylation sites (tertiary alicyclic amines) is 1. The molecule has 1 aliphatic rings. The summed E-state index contributed by atoms with van der Waals surface area (Å²) < 4.78 is 0. The molecule has 1 aliphatic heterocycles. The Morgan fingerprint density at radius 2 is 1.93 bits per heavy atom. The van der Waals surface area contributed by atoms with Crippen LogP contribution in [0.3, 0.4) is 0 Å². The van der Waals surface area contributed by atoms with Crippen LogP contribution in [-0.4, -0.2) is 35.2 Å². The number of nitrogens with zero attached hydrogens (tertiary/aromatic N) is 1. The van der Waals surface area contributed by atoms with Gasteiger partial charge in [-0.25, -0.2) is 0 Å². The Morgan fingerprint density at radius 3 is 2.40 bits per heavy atom. The number of hydrogen-bond acceptors (Lipinski definition) is 2. The van der Waals surface area contributed by atoms with Crippen molar-refractivity contribution in [3.8, 4) is 0 Å². The summed E-state index contributed by atoms with van der Waals surface area (Å²) in [6, 6.07) is 0. The van der Waals surface area contributed by atoms with E-state index in [4.69, 9.17) is 5.11 Å². The van der Waals surface area contributed by atoms with E-state index in [1.165, 1.54) is 6.42 Å². The molecule has 15 heavy (non-hydrogen) atoms. The molecule has 0 amide bonds. The van der Waals surface area contributed by atoms with Crippen LogP contribution in [0.25, 0.3) is 0 Å². The third-order valence-corrected chi connectivity index (χ3v) is 4.49. The fourth-order valence-corrected chi connectivity index (χ4v) is 3.06. The second-order valence-electron chi connectivity index (χ2n) is 5.86. The summed E-state index contributed by atoms with van der Waals surface area (Å²) in [6.07, 6.45) is 1.28. The summed E-state index contributed by atoms with van der Waals surface area (Å²) in [4.78, 5) is 2.44. The predicted molar refractivity (Wildman–Crippen MR) is 64.8 cm³/mol. The van der Waals surface area contributed by atoms with Crippen molar-refractivity contribution >= 4 is 0 Å². The third kappa shape index (κ3) is 2.54. The first-order valence-electron chi connectivity index (χ1n) is 6.27. The molecule has 0 bridgehead atoms. The maximum absolute atomic E-state index is 9.05. The van der Waals surface area contributed by atoms with Crippen LogP contribution in [0.5, 0.6) is 0 Å². The summed E-state index contributed by atoms with van der Waals surface area (Å²) in [5.74, 6) is 2.29. The molecule has 1 unspecified atom stereocenters. The molecular formula is C13H27NO. The highest BCUT2D eigenvalue weighted by Crippen LogP contribution is 2.41. The minimum Gasteiger partial charge on any atom is -0.395 e. The summed E-state index contributed by atoms with van der Waals surface area (Å²) in [5.41, 5.74) is 0.256. The Hall–Kier alpha value is -0.0800. The molecule has 0 saturated carbocycles. The smallest absolute Gasteiger partial charge is 0.0558 e. The van der Waals surface area contributed by atoms with Gasteiger partial charge in [-0.15, -0.1) is 0 Å². The van der Waals surface area contributed by atoms with Crippen LogP contribution in [0, 0.1) is 17.8 Å². The van der Waals surface area contributed by atoms with Crippen molar-refractivity contribution in [3.05, 3.63) is 0 Å². The van der Waals surface area contributed by atoms with Gasteiger partial charge in [0.15, 0.2) is 0 Å². The normalized spacial score (nSPS) is 28.6. The monoisotopic (exact) mass is 213 g/mol. The van der Waals surface area contributed by atoms with E-state index in [9.17, 15) is 0 Å². The van der Waals surface area contributed by atoms with Gasteiger partial charge in [0.1, 0.15) is 0 Å². The minimum atomic E-state index is 0.256. The van der Waals surface area contributed by atoms with Gasteiger partial charge >= 0.3 is 0 Å². The quantitative estimate of drug-likeness (QED) is 0.775. The lowest BCUT2D eigenvalue weighted by molar-refractivity contribution is 0.0814. The molecule has 1 saturated heterocycles. The first kappa shape index (κ1) is 13.0. The molecule has 2 heteroatoms. The van der Waals surface area contributed by atoms with E-state index in [-0.39, 0.29) is 12.1 Å². The van der Waals surface area contributed by atoms with Crippen LogP contribution in [0.4, 0.5) is 0 Å². The SMILES string of the molecule is CC(C)C(C)[C@@H]1CCN(CCO)C1(C)C. The zero-order valence-electron chi connectivity index (χ0n) is 11.0. The van der Waals surface area contributed by atoms with Gasteiger partial charge in [0, 0.05) is 12.1 Å². The topological polar surface area (TPSA) is 23.5 Å². The number of hydrogen-bond donors (Lipinski definition) is 1. The molecule has 0 aliphatic carbocycles. The van der Waals surface area contributed by atoms with Gasteiger partial charge in [0.25, 0.3) is 0 Å². The zero-order valence-corrected chi connectivity index (χ0v) is 11.0. The Bertz CT molecular complexity index is 201. The van der Waals surface area contributed by atoms with Crippen molar-refractivity contribution in [2.24, 2.45) is 17.8 Å². The lowest BCUT2D eigenvalue weighted by Gasteiger charge is -2.39. The highest BCUT2D eigenvalue weighted by atomic mass is 16.3. The molecule has 0 spiro atoms. The maximum Gasteiger partial charge on any atom is 0.0558 e. The second-order valence-corrected chi connectivity index (χ2v) is 5.86. The van der Waals surface area contributed by atoms with Gasteiger partial charge < -0.3 is 5.11 Å². The van der Waals surface area contributed by atoms with Gasteiger partial charge in [-0.2, -0.15) is 0 Å². The Kier molecular flexibility index (Phi) is 4.19. The average Bonchev–Trinajstić information content (AvgIpc) is 2.42. The van der Waals surface area contributed by atoms with Crippen molar-refractivity contribution in [3.63, 3.8) is 0 Å². The molecule has 2 atom stereocenters. The van der Waals surface area contributed by atoms with E-state index in [1.54, 1.807) is 0 Å². The Balaban J connectivity index is 2.70. The average molecular weight is 213 g/mol. The molecule has 1 N–H and O–H groups in total. The van der Waals surface area contributed by atoms with Crippen molar-refractivity contribution in [2.45, 2.75) is 46.6 Å². The van der Waals surface area contributed by atoms with Crippen LogP contribution >= 0.6 is 0 Å². The van der Waals surface area contributed by atoms with E-state index < -0.39 is 0 Å². The lowest BCUT2D eigenvalue weighted by Crippen LogP contribution is -2.46. The van der Waals surface area contributed by atoms with Crippen LogP contribution in [-0.2, 0) is 0 Å². The highest BCUT2D eigenvalue weighted by molar-refractivity contribution is 4.97. The second kappa shape index (κ2) is 4.84. The zero-order chi connectivity index (χ0) is 11.6. The summed E-state index contributed by atoms with van der Waals surface area (Å²) in [6.45, 7) is 13.9. The summed E-state index contributed by atoms with van der Waals surface area (Å²) >= 11 is 0. The van der Waals surface area contributed by atoms with E-state index >= 15 is 0 Å². The molecule has 1 fully saturated rings. The molecule has 0 radical (unpaired) electrons. The fourth-order valence-electron chi connectivity index (χ4n) is 3.06. The standard InChI is InChI=1S/C13H27NO/c1-10(2)11(3)12-6-7-14(8-9-15)13(12,4)5/h10-12,15H,6-9H2,1-5H3/t11?,12-/m0/s1. The van der Waals surface area contributed by atoms with E-state index in [0.29, 0.717) is 0 Å². The molecule has 1 heterocycles. The first-order chi connectivity index (χ1) is 6.91. The van der Waals surface area contributed by atoms with Crippen molar-refractivity contribution in [1.29, 1.82) is 0 Å². The van der Waals surface area contributed by atoms with E-state index in [2.05, 4.69) is 39.5 Å². The molecule has 0 aromatic heterocycles. The Morgan fingerprint density at radius 1 is 1.33 bits per heavy atom. The maximum atomic E-state index is 9.05. The largest absolute Gasteiger partial charge is 0.395 e.